The van der Waals surface area contributed by atoms with Crippen LogP contribution in [0, 0.1) is 5.92 Å². The first-order valence-electron chi connectivity index (χ1n) is 8.38. The number of carbonyl (C=O) groups excluding carboxylic acids is 2. The van der Waals surface area contributed by atoms with Crippen molar-refractivity contribution < 1.29 is 22.7 Å². The Hall–Kier alpha value is -2.52. The summed E-state index contributed by atoms with van der Waals surface area (Å²) in [5, 5.41) is 2.75. The number of anilines is 2. The molecular formula is C19H22N2O5S2. The average molecular weight is 423 g/mol. The summed E-state index contributed by atoms with van der Waals surface area (Å²) in [5.41, 5.74) is 0.619. The van der Waals surface area contributed by atoms with Crippen molar-refractivity contribution in [2.75, 3.05) is 23.4 Å². The quantitative estimate of drug-likeness (QED) is 0.522. The maximum absolute atomic E-state index is 12.9. The lowest BCUT2D eigenvalue weighted by molar-refractivity contribution is -0.118. The van der Waals surface area contributed by atoms with E-state index in [1.54, 1.807) is 32.0 Å². The van der Waals surface area contributed by atoms with Crippen LogP contribution in [0.1, 0.15) is 24.2 Å². The van der Waals surface area contributed by atoms with E-state index in [1.807, 2.05) is 6.26 Å². The molecule has 0 atom stereocenters. The van der Waals surface area contributed by atoms with Crippen molar-refractivity contribution in [1.29, 1.82) is 0 Å². The Morgan fingerprint density at radius 2 is 1.75 bits per heavy atom. The van der Waals surface area contributed by atoms with E-state index < -0.39 is 16.0 Å². The van der Waals surface area contributed by atoms with E-state index in [-0.39, 0.29) is 28.0 Å². The van der Waals surface area contributed by atoms with Gasteiger partial charge in [0.2, 0.25) is 5.91 Å². The van der Waals surface area contributed by atoms with Crippen LogP contribution in [0.5, 0.6) is 0 Å². The molecule has 2 rings (SSSR count). The van der Waals surface area contributed by atoms with Gasteiger partial charge in [0.25, 0.3) is 10.0 Å². The number of hydrogen-bond donors (Lipinski definition) is 2. The first-order valence-corrected chi connectivity index (χ1v) is 11.1. The Kier molecular flexibility index (Phi) is 7.09. The molecule has 0 aromatic heterocycles. The molecule has 1 amide bonds. The third-order valence-electron chi connectivity index (χ3n) is 3.84. The number of sulfonamides is 1. The molecule has 0 saturated heterocycles. The fourth-order valence-corrected chi connectivity index (χ4v) is 3.93. The summed E-state index contributed by atoms with van der Waals surface area (Å²) in [4.78, 5) is 24.6. The van der Waals surface area contributed by atoms with Gasteiger partial charge in [-0.25, -0.2) is 13.2 Å². The van der Waals surface area contributed by atoms with Crippen molar-refractivity contribution in [3.8, 4) is 0 Å². The molecule has 0 aliphatic rings. The molecule has 0 bridgehead atoms. The maximum Gasteiger partial charge on any atom is 0.339 e. The molecule has 0 aliphatic heterocycles. The zero-order valence-corrected chi connectivity index (χ0v) is 17.6. The minimum atomic E-state index is -4.00. The molecule has 0 radical (unpaired) electrons. The highest BCUT2D eigenvalue weighted by Crippen LogP contribution is 2.30. The summed E-state index contributed by atoms with van der Waals surface area (Å²) in [5.74, 6) is -1.12. The van der Waals surface area contributed by atoms with Gasteiger partial charge in [0.05, 0.1) is 28.9 Å². The fraction of sp³-hybridized carbons (Fsp3) is 0.263. The second kappa shape index (κ2) is 9.11. The van der Waals surface area contributed by atoms with Gasteiger partial charge >= 0.3 is 5.97 Å². The van der Waals surface area contributed by atoms with Crippen molar-refractivity contribution in [1.82, 2.24) is 0 Å². The van der Waals surface area contributed by atoms with E-state index >= 15 is 0 Å². The standard InChI is InChI=1S/C19H22N2O5S2/c1-12(2)18(22)20-16-11-13(9-10-17(16)27-4)28(24,25)21-15-8-6-5-7-14(15)19(23)26-3/h5-12,21H,1-4H3,(H,20,22). The van der Waals surface area contributed by atoms with E-state index in [9.17, 15) is 18.0 Å². The molecule has 2 aromatic carbocycles. The molecule has 0 unspecified atom stereocenters. The molecule has 28 heavy (non-hydrogen) atoms. The van der Waals surface area contributed by atoms with E-state index in [2.05, 4.69) is 14.8 Å². The fourth-order valence-electron chi connectivity index (χ4n) is 2.29. The molecule has 0 spiro atoms. The Balaban J connectivity index is 2.41. The van der Waals surface area contributed by atoms with Crippen molar-refractivity contribution in [3.63, 3.8) is 0 Å². The monoisotopic (exact) mass is 422 g/mol. The van der Waals surface area contributed by atoms with Crippen LogP contribution >= 0.6 is 11.8 Å². The highest BCUT2D eigenvalue weighted by molar-refractivity contribution is 7.98. The van der Waals surface area contributed by atoms with Crippen LogP contribution in [0.25, 0.3) is 0 Å². The van der Waals surface area contributed by atoms with Crippen LogP contribution < -0.4 is 10.0 Å². The lowest BCUT2D eigenvalue weighted by Crippen LogP contribution is -2.19. The molecule has 150 valence electrons. The number of rotatable bonds is 7. The SMILES string of the molecule is COC(=O)c1ccccc1NS(=O)(=O)c1ccc(SC)c(NC(=O)C(C)C)c1. The van der Waals surface area contributed by atoms with Gasteiger partial charge < -0.3 is 10.1 Å². The van der Waals surface area contributed by atoms with Gasteiger partial charge in [-0.1, -0.05) is 26.0 Å². The number of benzene rings is 2. The summed E-state index contributed by atoms with van der Waals surface area (Å²) >= 11 is 1.39. The minimum absolute atomic E-state index is 0.0379. The van der Waals surface area contributed by atoms with Gasteiger partial charge in [0.1, 0.15) is 0 Å². The van der Waals surface area contributed by atoms with Crippen molar-refractivity contribution in [2.45, 2.75) is 23.6 Å². The number of amides is 1. The summed E-state index contributed by atoms with van der Waals surface area (Å²) in [7, 11) is -2.78. The predicted molar refractivity (Wildman–Crippen MR) is 110 cm³/mol. The van der Waals surface area contributed by atoms with Gasteiger partial charge in [0.15, 0.2) is 0 Å². The number of ether oxygens (including phenoxy) is 1. The largest absolute Gasteiger partial charge is 0.465 e. The topological polar surface area (TPSA) is 102 Å². The van der Waals surface area contributed by atoms with E-state index in [1.165, 1.54) is 43.1 Å². The molecule has 2 N–H and O–H groups in total. The number of methoxy groups -OCH3 is 1. The normalized spacial score (nSPS) is 11.2. The average Bonchev–Trinajstić information content (AvgIpc) is 2.67. The number of esters is 1. The molecule has 0 saturated carbocycles. The zero-order valence-electron chi connectivity index (χ0n) is 16.0. The van der Waals surface area contributed by atoms with Gasteiger partial charge in [-0.2, -0.15) is 0 Å². The summed E-state index contributed by atoms with van der Waals surface area (Å²) < 4.78 is 32.8. The Morgan fingerprint density at radius 1 is 1.07 bits per heavy atom. The molecule has 0 aliphatic carbocycles. The molecule has 7 nitrogen and oxygen atoms in total. The molecule has 9 heteroatoms. The lowest BCUT2D eigenvalue weighted by Gasteiger charge is -2.15. The minimum Gasteiger partial charge on any atom is -0.465 e. The second-order valence-electron chi connectivity index (χ2n) is 6.15. The van der Waals surface area contributed by atoms with Crippen LogP contribution in [-0.2, 0) is 19.6 Å². The third kappa shape index (κ3) is 5.05. The Morgan fingerprint density at radius 3 is 2.36 bits per heavy atom. The number of thioether (sulfide) groups is 1. The molecule has 0 fully saturated rings. The number of hydrogen-bond acceptors (Lipinski definition) is 6. The van der Waals surface area contributed by atoms with Crippen LogP contribution in [0.3, 0.4) is 0 Å². The van der Waals surface area contributed by atoms with Crippen molar-refractivity contribution in [3.05, 3.63) is 48.0 Å². The summed E-state index contributed by atoms with van der Waals surface area (Å²) in [6.07, 6.45) is 1.83. The highest BCUT2D eigenvalue weighted by Gasteiger charge is 2.21. The van der Waals surface area contributed by atoms with Gasteiger partial charge in [-0.3, -0.25) is 9.52 Å². The zero-order chi connectivity index (χ0) is 20.9. The van der Waals surface area contributed by atoms with Gasteiger partial charge in [-0.05, 0) is 36.6 Å². The number of nitrogens with one attached hydrogen (secondary N) is 2. The molecular weight excluding hydrogens is 400 g/mol. The van der Waals surface area contributed by atoms with Crippen LogP contribution in [0.4, 0.5) is 11.4 Å². The number of para-hydroxylation sites is 1. The van der Waals surface area contributed by atoms with Crippen molar-refractivity contribution in [2.24, 2.45) is 5.92 Å². The smallest absolute Gasteiger partial charge is 0.339 e. The first-order chi connectivity index (χ1) is 13.2. The van der Waals surface area contributed by atoms with Crippen LogP contribution in [0.2, 0.25) is 0 Å². The summed E-state index contributed by atoms with van der Waals surface area (Å²) in [6.45, 7) is 3.50. The van der Waals surface area contributed by atoms with Gasteiger partial charge in [-0.15, -0.1) is 11.8 Å². The third-order valence-corrected chi connectivity index (χ3v) is 6.00. The second-order valence-corrected chi connectivity index (χ2v) is 8.68. The Bertz CT molecular complexity index is 988. The van der Waals surface area contributed by atoms with E-state index in [0.717, 1.165) is 4.90 Å². The van der Waals surface area contributed by atoms with E-state index in [4.69, 9.17) is 0 Å². The summed E-state index contributed by atoms with van der Waals surface area (Å²) in [6, 6.07) is 10.6. The van der Waals surface area contributed by atoms with Gasteiger partial charge in [0, 0.05) is 10.8 Å². The van der Waals surface area contributed by atoms with Crippen LogP contribution in [0.15, 0.2) is 52.3 Å². The molecule has 0 heterocycles. The molecule has 2 aromatic rings. The first kappa shape index (κ1) is 21.8. The number of carbonyl (C=O) groups is 2. The Labute approximate surface area is 168 Å². The van der Waals surface area contributed by atoms with Crippen LogP contribution in [-0.4, -0.2) is 33.7 Å². The highest BCUT2D eigenvalue weighted by atomic mass is 32.2. The lowest BCUT2D eigenvalue weighted by atomic mass is 10.2. The van der Waals surface area contributed by atoms with Crippen molar-refractivity contribution >= 4 is 45.0 Å². The maximum atomic E-state index is 12.9. The van der Waals surface area contributed by atoms with E-state index in [0.29, 0.717) is 5.69 Å². The predicted octanol–water partition coefficient (Wildman–Crippen LogP) is 3.59.